The van der Waals surface area contributed by atoms with Crippen LogP contribution in [0.5, 0.6) is 11.5 Å². The molecule has 0 bridgehead atoms. The second-order valence-corrected chi connectivity index (χ2v) is 5.89. The van der Waals surface area contributed by atoms with E-state index in [1.807, 2.05) is 31.4 Å². The van der Waals surface area contributed by atoms with Gasteiger partial charge in [-0.1, -0.05) is 19.9 Å². The number of carbonyl (C=O) groups excluding carboxylic acids is 1. The Kier molecular flexibility index (Phi) is 4.29. The van der Waals surface area contributed by atoms with Gasteiger partial charge in [-0.05, 0) is 35.6 Å². The van der Waals surface area contributed by atoms with Gasteiger partial charge in [0.2, 0.25) is 0 Å². The number of aromatic hydroxyl groups is 2. The molecule has 1 aromatic carbocycles. The lowest BCUT2D eigenvalue weighted by Gasteiger charge is -2.21. The summed E-state index contributed by atoms with van der Waals surface area (Å²) in [5.74, 6) is -0.373. The van der Waals surface area contributed by atoms with Gasteiger partial charge in [0.05, 0.1) is 11.6 Å². The van der Waals surface area contributed by atoms with Gasteiger partial charge in [0.1, 0.15) is 11.5 Å². The van der Waals surface area contributed by atoms with E-state index in [2.05, 4.69) is 5.32 Å². The zero-order valence-corrected chi connectivity index (χ0v) is 12.1. The van der Waals surface area contributed by atoms with E-state index >= 15 is 0 Å². The molecule has 0 saturated heterocycles. The predicted octanol–water partition coefficient (Wildman–Crippen LogP) is 3.29. The van der Waals surface area contributed by atoms with Crippen molar-refractivity contribution >= 4 is 17.2 Å². The molecule has 0 fully saturated rings. The molecule has 1 heterocycles. The lowest BCUT2D eigenvalue weighted by Crippen LogP contribution is -2.31. The standard InChI is InChI=1S/C15H17NO3S/c1-9(2)14(13-4-3-7-20-13)16-15(19)11-8-10(17)5-6-12(11)18/h3-9,14,17-18H,1-2H3,(H,16,19). The van der Waals surface area contributed by atoms with Crippen LogP contribution in [0.3, 0.4) is 0 Å². The van der Waals surface area contributed by atoms with Crippen molar-refractivity contribution in [3.63, 3.8) is 0 Å². The first-order valence-corrected chi connectivity index (χ1v) is 7.23. The molecule has 5 heteroatoms. The number of carbonyl (C=O) groups is 1. The third-order valence-corrected chi connectivity index (χ3v) is 3.98. The average molecular weight is 291 g/mol. The minimum atomic E-state index is -0.398. The second-order valence-electron chi connectivity index (χ2n) is 4.91. The zero-order valence-electron chi connectivity index (χ0n) is 11.3. The number of hydrogen-bond acceptors (Lipinski definition) is 4. The van der Waals surface area contributed by atoms with Crippen molar-refractivity contribution in [3.05, 3.63) is 46.2 Å². The van der Waals surface area contributed by atoms with Gasteiger partial charge in [0.15, 0.2) is 0 Å². The fourth-order valence-electron chi connectivity index (χ4n) is 1.96. The Morgan fingerprint density at radius 3 is 2.60 bits per heavy atom. The van der Waals surface area contributed by atoms with Crippen molar-refractivity contribution in [3.8, 4) is 11.5 Å². The molecule has 0 aliphatic carbocycles. The lowest BCUT2D eigenvalue weighted by atomic mass is 10.0. The number of thiophene rings is 1. The summed E-state index contributed by atoms with van der Waals surface area (Å²) in [5.41, 5.74) is 0.0761. The molecule has 0 aliphatic rings. The second kappa shape index (κ2) is 5.96. The largest absolute Gasteiger partial charge is 0.508 e. The molecule has 0 radical (unpaired) electrons. The predicted molar refractivity (Wildman–Crippen MR) is 79.1 cm³/mol. The molecule has 1 atom stereocenters. The smallest absolute Gasteiger partial charge is 0.255 e. The molecule has 3 N–H and O–H groups in total. The van der Waals surface area contributed by atoms with Crippen molar-refractivity contribution in [1.29, 1.82) is 0 Å². The molecule has 0 aliphatic heterocycles. The summed E-state index contributed by atoms with van der Waals surface area (Å²) in [6.45, 7) is 4.04. The zero-order chi connectivity index (χ0) is 14.7. The molecule has 1 unspecified atom stereocenters. The van der Waals surface area contributed by atoms with Crippen LogP contribution < -0.4 is 5.32 Å². The van der Waals surface area contributed by atoms with E-state index in [-0.39, 0.29) is 29.0 Å². The summed E-state index contributed by atoms with van der Waals surface area (Å²) < 4.78 is 0. The first-order valence-electron chi connectivity index (χ1n) is 6.35. The summed E-state index contributed by atoms with van der Waals surface area (Å²) in [7, 11) is 0. The van der Waals surface area contributed by atoms with Gasteiger partial charge in [-0.25, -0.2) is 0 Å². The van der Waals surface area contributed by atoms with Crippen LogP contribution in [0.4, 0.5) is 0 Å². The van der Waals surface area contributed by atoms with E-state index in [4.69, 9.17) is 0 Å². The Bertz CT molecular complexity index is 593. The van der Waals surface area contributed by atoms with Gasteiger partial charge in [-0.3, -0.25) is 4.79 Å². The highest BCUT2D eigenvalue weighted by Gasteiger charge is 2.21. The molecule has 20 heavy (non-hydrogen) atoms. The maximum absolute atomic E-state index is 12.3. The van der Waals surface area contributed by atoms with Crippen LogP contribution in [0.1, 0.15) is 35.1 Å². The Morgan fingerprint density at radius 1 is 1.25 bits per heavy atom. The van der Waals surface area contributed by atoms with E-state index in [9.17, 15) is 15.0 Å². The Labute approximate surface area is 121 Å². The lowest BCUT2D eigenvalue weighted by molar-refractivity contribution is 0.0923. The van der Waals surface area contributed by atoms with E-state index < -0.39 is 5.91 Å². The van der Waals surface area contributed by atoms with Crippen LogP contribution in [-0.4, -0.2) is 16.1 Å². The minimum Gasteiger partial charge on any atom is -0.508 e. The van der Waals surface area contributed by atoms with Gasteiger partial charge in [0, 0.05) is 4.88 Å². The van der Waals surface area contributed by atoms with Gasteiger partial charge >= 0.3 is 0 Å². The van der Waals surface area contributed by atoms with E-state index in [0.717, 1.165) is 4.88 Å². The number of phenols is 2. The number of rotatable bonds is 4. The van der Waals surface area contributed by atoms with Crippen molar-refractivity contribution in [2.45, 2.75) is 19.9 Å². The Hall–Kier alpha value is -2.01. The molecule has 2 aromatic rings. The summed E-state index contributed by atoms with van der Waals surface area (Å²) in [6.07, 6.45) is 0. The third kappa shape index (κ3) is 3.11. The molecule has 0 spiro atoms. The molecule has 0 saturated carbocycles. The molecular weight excluding hydrogens is 274 g/mol. The van der Waals surface area contributed by atoms with Gasteiger partial charge in [-0.2, -0.15) is 0 Å². The van der Waals surface area contributed by atoms with Crippen LogP contribution in [-0.2, 0) is 0 Å². The van der Waals surface area contributed by atoms with Crippen molar-refractivity contribution < 1.29 is 15.0 Å². The van der Waals surface area contributed by atoms with Gasteiger partial charge < -0.3 is 15.5 Å². The number of benzene rings is 1. The number of phenolic OH excluding ortho intramolecular Hbond substituents is 2. The molecule has 4 nitrogen and oxygen atoms in total. The Balaban J connectivity index is 2.23. The van der Waals surface area contributed by atoms with E-state index in [0.29, 0.717) is 0 Å². The monoisotopic (exact) mass is 291 g/mol. The van der Waals surface area contributed by atoms with E-state index in [1.165, 1.54) is 18.2 Å². The fourth-order valence-corrected chi connectivity index (χ4v) is 2.91. The number of hydrogen-bond donors (Lipinski definition) is 3. The van der Waals surface area contributed by atoms with Crippen molar-refractivity contribution in [2.24, 2.45) is 5.92 Å². The summed E-state index contributed by atoms with van der Waals surface area (Å²) in [5, 5.41) is 24.0. The normalized spacial score (nSPS) is 12.3. The number of amides is 1. The highest BCUT2D eigenvalue weighted by atomic mass is 32.1. The third-order valence-electron chi connectivity index (χ3n) is 3.03. The SMILES string of the molecule is CC(C)C(NC(=O)c1cc(O)ccc1O)c1cccs1. The maximum atomic E-state index is 12.3. The number of nitrogens with one attached hydrogen (secondary N) is 1. The topological polar surface area (TPSA) is 69.6 Å². The van der Waals surface area contributed by atoms with Crippen molar-refractivity contribution in [1.82, 2.24) is 5.32 Å². The quantitative estimate of drug-likeness (QED) is 0.757. The van der Waals surface area contributed by atoms with Crippen LogP contribution in [0.2, 0.25) is 0 Å². The van der Waals surface area contributed by atoms with E-state index in [1.54, 1.807) is 11.3 Å². The van der Waals surface area contributed by atoms with Crippen LogP contribution in [0.15, 0.2) is 35.7 Å². The van der Waals surface area contributed by atoms with Gasteiger partial charge in [-0.15, -0.1) is 11.3 Å². The minimum absolute atomic E-state index is 0.0508. The molecule has 2 rings (SSSR count). The Morgan fingerprint density at radius 2 is 2.00 bits per heavy atom. The summed E-state index contributed by atoms with van der Waals surface area (Å²) in [4.78, 5) is 13.3. The fraction of sp³-hybridized carbons (Fsp3) is 0.267. The van der Waals surface area contributed by atoms with Crippen LogP contribution in [0, 0.1) is 5.92 Å². The highest BCUT2D eigenvalue weighted by Crippen LogP contribution is 2.28. The van der Waals surface area contributed by atoms with Crippen LogP contribution in [0.25, 0.3) is 0 Å². The average Bonchev–Trinajstić information content (AvgIpc) is 2.91. The molecule has 1 aromatic heterocycles. The molecular formula is C15H17NO3S. The maximum Gasteiger partial charge on any atom is 0.255 e. The van der Waals surface area contributed by atoms with Crippen LogP contribution >= 0.6 is 11.3 Å². The molecule has 1 amide bonds. The first-order chi connectivity index (χ1) is 9.49. The summed E-state index contributed by atoms with van der Waals surface area (Å²) >= 11 is 1.58. The highest BCUT2D eigenvalue weighted by molar-refractivity contribution is 7.10. The first kappa shape index (κ1) is 14.4. The molecule has 106 valence electrons. The summed E-state index contributed by atoms with van der Waals surface area (Å²) in [6, 6.07) is 7.69. The van der Waals surface area contributed by atoms with Crippen molar-refractivity contribution in [2.75, 3.05) is 0 Å². The van der Waals surface area contributed by atoms with Gasteiger partial charge in [0.25, 0.3) is 5.91 Å².